The van der Waals surface area contributed by atoms with E-state index in [1.54, 1.807) is 41.8 Å². The first kappa shape index (κ1) is 34.1. The molecule has 2 fully saturated rings. The predicted molar refractivity (Wildman–Crippen MR) is 170 cm³/mol. The summed E-state index contributed by atoms with van der Waals surface area (Å²) in [6, 6.07) is 4.62. The van der Waals surface area contributed by atoms with Gasteiger partial charge in [0.15, 0.2) is 0 Å². The Balaban J connectivity index is 1.51. The molecule has 1 aromatic carbocycles. The first-order chi connectivity index (χ1) is 21.5. The number of aromatic nitrogens is 2. The lowest BCUT2D eigenvalue weighted by molar-refractivity contribution is -0.142. The monoisotopic (exact) mass is 625 g/mol. The molecule has 1 saturated carbocycles. The number of rotatable bonds is 12. The highest BCUT2D eigenvalue weighted by molar-refractivity contribution is 6.00. The Labute approximate surface area is 265 Å². The Morgan fingerprint density at radius 3 is 2.31 bits per heavy atom. The zero-order valence-corrected chi connectivity index (χ0v) is 27.1. The maximum Gasteiger partial charge on any atom is 0.270 e. The van der Waals surface area contributed by atoms with Crippen molar-refractivity contribution in [2.45, 2.75) is 96.3 Å². The highest BCUT2D eigenvalue weighted by Gasteiger charge is 2.39. The molecular formula is C33H48FN7O4. The number of benzene rings is 1. The molecule has 4 amide bonds. The van der Waals surface area contributed by atoms with Crippen LogP contribution in [0, 0.1) is 11.7 Å². The lowest BCUT2D eigenvalue weighted by Crippen LogP contribution is -2.63. The third kappa shape index (κ3) is 8.27. The minimum Gasteiger partial charge on any atom is -0.344 e. The zero-order chi connectivity index (χ0) is 32.7. The molecule has 4 rings (SSSR count). The fraction of sp³-hybridized carbons (Fsp3) is 0.606. The molecule has 1 aliphatic carbocycles. The van der Waals surface area contributed by atoms with Gasteiger partial charge in [0.1, 0.15) is 23.6 Å². The first-order valence-electron chi connectivity index (χ1n) is 16.2. The molecular weight excluding hydrogens is 577 g/mol. The molecule has 11 nitrogen and oxygen atoms in total. The second-order valence-corrected chi connectivity index (χ2v) is 12.5. The van der Waals surface area contributed by atoms with Gasteiger partial charge in [-0.25, -0.2) is 4.39 Å². The van der Waals surface area contributed by atoms with E-state index in [9.17, 15) is 19.2 Å². The number of nitrogens with zero attached hydrogens (tertiary/aromatic N) is 4. The van der Waals surface area contributed by atoms with Crippen LogP contribution in [0.5, 0.6) is 0 Å². The number of likely N-dealkylation sites (N-methyl/N-ethyl adjacent to an activating group) is 1. The molecule has 3 atom stereocenters. The molecule has 0 radical (unpaired) electrons. The minimum absolute atomic E-state index is 0.0144. The van der Waals surface area contributed by atoms with Crippen LogP contribution in [0.15, 0.2) is 30.5 Å². The summed E-state index contributed by atoms with van der Waals surface area (Å²) in [6.45, 7) is 7.02. The third-order valence-corrected chi connectivity index (χ3v) is 9.27. The van der Waals surface area contributed by atoms with Gasteiger partial charge in [-0.3, -0.25) is 23.9 Å². The summed E-state index contributed by atoms with van der Waals surface area (Å²) >= 11 is 0. The Kier molecular flexibility index (Phi) is 11.7. The molecule has 246 valence electrons. The minimum atomic E-state index is -0.855. The fourth-order valence-corrected chi connectivity index (χ4v) is 6.19. The molecule has 1 saturated heterocycles. The molecule has 3 N–H and O–H groups in total. The molecule has 12 heteroatoms. The van der Waals surface area contributed by atoms with E-state index >= 15 is 4.39 Å². The van der Waals surface area contributed by atoms with Crippen molar-refractivity contribution in [2.24, 2.45) is 5.92 Å². The van der Waals surface area contributed by atoms with Crippen LogP contribution in [0.1, 0.15) is 87.7 Å². The van der Waals surface area contributed by atoms with Crippen LogP contribution >= 0.6 is 0 Å². The van der Waals surface area contributed by atoms with E-state index in [-0.39, 0.29) is 35.9 Å². The van der Waals surface area contributed by atoms with E-state index in [2.05, 4.69) is 25.9 Å². The Hall–Kier alpha value is -3.80. The zero-order valence-electron chi connectivity index (χ0n) is 27.1. The lowest BCUT2D eigenvalue weighted by Gasteiger charge is -2.44. The summed E-state index contributed by atoms with van der Waals surface area (Å²) in [5, 5.41) is 12.6. The highest BCUT2D eigenvalue weighted by Crippen LogP contribution is 2.29. The summed E-state index contributed by atoms with van der Waals surface area (Å²) in [7, 11) is 3.92. The maximum atomic E-state index is 15.6. The number of nitrogens with one attached hydrogen (secondary N) is 3. The number of aryl methyl sites for hydroxylation is 1. The number of halogens is 1. The van der Waals surface area contributed by atoms with Crippen LogP contribution in [0.4, 0.5) is 10.1 Å². The second kappa shape index (κ2) is 15.5. The molecule has 2 aliphatic rings. The van der Waals surface area contributed by atoms with Gasteiger partial charge in [0.25, 0.3) is 5.91 Å². The molecule has 0 bridgehead atoms. The molecule has 45 heavy (non-hydrogen) atoms. The van der Waals surface area contributed by atoms with Crippen molar-refractivity contribution in [2.75, 3.05) is 32.5 Å². The van der Waals surface area contributed by atoms with Gasteiger partial charge in [-0.1, -0.05) is 45.6 Å². The van der Waals surface area contributed by atoms with Crippen molar-refractivity contribution in [1.29, 1.82) is 0 Å². The van der Waals surface area contributed by atoms with Gasteiger partial charge in [0.05, 0.1) is 5.69 Å². The van der Waals surface area contributed by atoms with Crippen LogP contribution in [-0.2, 0) is 20.9 Å². The average Bonchev–Trinajstić information content (AvgIpc) is 3.32. The van der Waals surface area contributed by atoms with Crippen LogP contribution in [-0.4, -0.2) is 88.5 Å². The number of hydrogen-bond acceptors (Lipinski definition) is 6. The summed E-state index contributed by atoms with van der Waals surface area (Å²) in [5.74, 6) is -2.60. The smallest absolute Gasteiger partial charge is 0.270 e. The number of anilines is 1. The van der Waals surface area contributed by atoms with Gasteiger partial charge in [-0.15, -0.1) is 0 Å². The predicted octanol–water partition coefficient (Wildman–Crippen LogP) is 3.52. The van der Waals surface area contributed by atoms with Gasteiger partial charge in [0.2, 0.25) is 17.7 Å². The van der Waals surface area contributed by atoms with Crippen LogP contribution in [0.25, 0.3) is 0 Å². The van der Waals surface area contributed by atoms with Crippen LogP contribution in [0.2, 0.25) is 0 Å². The van der Waals surface area contributed by atoms with Crippen molar-refractivity contribution in [3.8, 4) is 0 Å². The van der Waals surface area contributed by atoms with Crippen molar-refractivity contribution in [3.63, 3.8) is 0 Å². The topological polar surface area (TPSA) is 129 Å². The largest absolute Gasteiger partial charge is 0.344 e. The van der Waals surface area contributed by atoms with Crippen LogP contribution in [0.3, 0.4) is 0 Å². The molecule has 1 aliphatic heterocycles. The van der Waals surface area contributed by atoms with Crippen molar-refractivity contribution in [3.05, 3.63) is 47.5 Å². The molecule has 0 unspecified atom stereocenters. The van der Waals surface area contributed by atoms with Gasteiger partial charge < -0.3 is 25.8 Å². The Morgan fingerprint density at radius 2 is 1.71 bits per heavy atom. The van der Waals surface area contributed by atoms with E-state index in [1.165, 1.54) is 12.1 Å². The van der Waals surface area contributed by atoms with Gasteiger partial charge in [0, 0.05) is 44.2 Å². The van der Waals surface area contributed by atoms with Gasteiger partial charge in [-0.05, 0) is 63.5 Å². The Bertz CT molecular complexity index is 1350. The van der Waals surface area contributed by atoms with Crippen molar-refractivity contribution < 1.29 is 23.6 Å². The molecule has 2 heterocycles. The third-order valence-electron chi connectivity index (χ3n) is 9.27. The quantitative estimate of drug-likeness (QED) is 0.310. The van der Waals surface area contributed by atoms with Crippen LogP contribution < -0.4 is 16.0 Å². The Morgan fingerprint density at radius 1 is 1.02 bits per heavy atom. The number of likely N-dealkylation sites (tertiary alicyclic amines) is 1. The number of carbonyl (C=O) groups excluding carboxylic acids is 4. The molecule has 1 aromatic heterocycles. The van der Waals surface area contributed by atoms with E-state index in [4.69, 9.17) is 0 Å². The maximum absolute atomic E-state index is 15.6. The normalized spacial score (nSPS) is 18.0. The fourth-order valence-electron chi connectivity index (χ4n) is 6.19. The SMILES string of the molecule is CCC(=O)N[C@@H](C(=O)N1CC(N(C)C)C1)[C@@H](C)c1ccc(NC(=O)[C@@H](NC(=O)c2ccnn2CC)C2CCCCCC2)c(F)c1. The molecule has 0 spiro atoms. The first-order valence-corrected chi connectivity index (χ1v) is 16.2. The van der Waals surface area contributed by atoms with E-state index in [0.717, 1.165) is 38.5 Å². The average molecular weight is 626 g/mol. The summed E-state index contributed by atoms with van der Waals surface area (Å²) < 4.78 is 17.2. The number of carbonyl (C=O) groups is 4. The highest BCUT2D eigenvalue weighted by atomic mass is 19.1. The second-order valence-electron chi connectivity index (χ2n) is 12.5. The summed E-state index contributed by atoms with van der Waals surface area (Å²) in [6.07, 6.45) is 7.41. The van der Waals surface area contributed by atoms with Gasteiger partial charge >= 0.3 is 0 Å². The van der Waals surface area contributed by atoms with E-state index in [1.807, 2.05) is 21.0 Å². The van der Waals surface area contributed by atoms with Crippen molar-refractivity contribution in [1.82, 2.24) is 30.2 Å². The number of amides is 4. The standard InChI is InChI=1S/C33H48FN7O4/c1-6-28(42)37-29(33(45)40-19-24(20-40)39(4)5)21(3)23-14-15-26(25(34)18-23)36-32(44)30(22-12-10-8-9-11-13-22)38-31(43)27-16-17-35-41(27)7-2/h14-18,21-22,24,29-30H,6-13,19-20H2,1-5H3,(H,36,44)(H,37,42)(H,38,43)/t21-,29+,30-/m0/s1. The summed E-state index contributed by atoms with van der Waals surface area (Å²) in [4.78, 5) is 56.5. The molecule has 2 aromatic rings. The summed E-state index contributed by atoms with van der Waals surface area (Å²) in [5.41, 5.74) is 0.869. The number of hydrogen-bond donors (Lipinski definition) is 3. The van der Waals surface area contributed by atoms with E-state index < -0.39 is 35.6 Å². The van der Waals surface area contributed by atoms with Gasteiger partial charge in [-0.2, -0.15) is 5.10 Å². The van der Waals surface area contributed by atoms with Crippen molar-refractivity contribution >= 4 is 29.3 Å². The lowest BCUT2D eigenvalue weighted by atomic mass is 9.90. The van der Waals surface area contributed by atoms with E-state index in [0.29, 0.717) is 30.9 Å².